The summed E-state index contributed by atoms with van der Waals surface area (Å²) in [5, 5.41) is 6.73. The minimum atomic E-state index is -0.205. The number of pyridine rings is 1. The summed E-state index contributed by atoms with van der Waals surface area (Å²) in [5.74, 6) is 0. The summed E-state index contributed by atoms with van der Waals surface area (Å²) in [7, 11) is 0. The fourth-order valence-electron chi connectivity index (χ4n) is 2.36. The first-order valence-electron chi connectivity index (χ1n) is 7.61. The van der Waals surface area contributed by atoms with E-state index in [-0.39, 0.29) is 17.6 Å². The van der Waals surface area contributed by atoms with E-state index < -0.39 is 0 Å². The zero-order valence-corrected chi connectivity index (χ0v) is 14.4. The van der Waals surface area contributed by atoms with Crippen molar-refractivity contribution < 1.29 is 4.79 Å². The molecule has 7 heteroatoms. The highest BCUT2D eigenvalue weighted by Crippen LogP contribution is 2.24. The molecule has 0 saturated heterocycles. The molecule has 0 fully saturated rings. The van der Waals surface area contributed by atoms with E-state index in [1.807, 2.05) is 26.8 Å². The van der Waals surface area contributed by atoms with Crippen molar-refractivity contribution in [1.29, 1.82) is 0 Å². The van der Waals surface area contributed by atoms with Gasteiger partial charge in [0.15, 0.2) is 0 Å². The summed E-state index contributed by atoms with van der Waals surface area (Å²) in [5.41, 5.74) is 0.936. The number of urea groups is 1. The van der Waals surface area contributed by atoms with Gasteiger partial charge in [-0.05, 0) is 33.3 Å². The normalized spacial score (nSPS) is 12.0. The van der Waals surface area contributed by atoms with Crippen LogP contribution in [0.1, 0.15) is 35.0 Å². The Morgan fingerprint density at radius 1 is 1.39 bits per heavy atom. The van der Waals surface area contributed by atoms with Crippen molar-refractivity contribution in [3.05, 3.63) is 50.3 Å². The van der Waals surface area contributed by atoms with Crippen molar-refractivity contribution in [2.45, 2.75) is 39.8 Å². The molecule has 0 spiro atoms. The summed E-state index contributed by atoms with van der Waals surface area (Å²) >= 11 is 1.60. The van der Waals surface area contributed by atoms with E-state index in [2.05, 4.69) is 15.6 Å². The molecular weight excluding hydrogens is 312 g/mol. The van der Waals surface area contributed by atoms with Gasteiger partial charge in [0.25, 0.3) is 0 Å². The maximum atomic E-state index is 11.9. The van der Waals surface area contributed by atoms with E-state index in [0.717, 1.165) is 15.6 Å². The first-order valence-corrected chi connectivity index (χ1v) is 8.43. The number of nitrogens with one attached hydrogen (secondary N) is 2. The number of carbonyl (C=O) groups is 1. The van der Waals surface area contributed by atoms with Crippen molar-refractivity contribution in [3.8, 4) is 0 Å². The number of amides is 2. The van der Waals surface area contributed by atoms with Crippen molar-refractivity contribution in [2.24, 2.45) is 0 Å². The van der Waals surface area contributed by atoms with Crippen LogP contribution in [0.3, 0.4) is 0 Å². The van der Waals surface area contributed by atoms with Crippen LogP contribution in [0.5, 0.6) is 0 Å². The van der Waals surface area contributed by atoms with Crippen LogP contribution in [0.15, 0.2) is 29.2 Å². The smallest absolute Gasteiger partial charge is 0.315 e. The highest BCUT2D eigenvalue weighted by Gasteiger charge is 2.14. The molecule has 2 N–H and O–H groups in total. The highest BCUT2D eigenvalue weighted by molar-refractivity contribution is 7.11. The second-order valence-electron chi connectivity index (χ2n) is 5.39. The summed E-state index contributed by atoms with van der Waals surface area (Å²) in [6.07, 6.45) is 2.45. The van der Waals surface area contributed by atoms with Crippen LogP contribution in [-0.2, 0) is 6.54 Å². The third kappa shape index (κ3) is 4.92. The molecule has 0 bridgehead atoms. The Morgan fingerprint density at radius 2 is 2.17 bits per heavy atom. The lowest BCUT2D eigenvalue weighted by Crippen LogP contribution is -2.37. The van der Waals surface area contributed by atoms with E-state index in [1.165, 1.54) is 6.07 Å². The van der Waals surface area contributed by atoms with Crippen LogP contribution in [0, 0.1) is 13.8 Å². The molecule has 0 radical (unpaired) electrons. The van der Waals surface area contributed by atoms with Crippen molar-refractivity contribution in [1.82, 2.24) is 20.2 Å². The minimum Gasteiger partial charge on any atom is -0.338 e. The van der Waals surface area contributed by atoms with Crippen LogP contribution in [-0.4, -0.2) is 22.1 Å². The van der Waals surface area contributed by atoms with E-state index in [1.54, 1.807) is 28.2 Å². The number of aryl methyl sites for hydroxylation is 3. The standard InChI is InChI=1S/C16H22N4O2S/c1-11-15(23-13(3)18-11)12(2)19-16(22)17-8-6-10-20-9-5-4-7-14(20)21/h4-5,7,9,12H,6,8,10H2,1-3H3,(H2,17,19,22)/t12-/m0/s1. The maximum absolute atomic E-state index is 11.9. The SMILES string of the molecule is Cc1nc(C)c([C@H](C)NC(=O)NCCCn2ccccc2=O)s1. The number of thiazole rings is 1. The van der Waals surface area contributed by atoms with Gasteiger partial charge in [-0.1, -0.05) is 6.07 Å². The third-order valence-electron chi connectivity index (χ3n) is 3.44. The summed E-state index contributed by atoms with van der Waals surface area (Å²) in [4.78, 5) is 28.9. The Morgan fingerprint density at radius 3 is 2.83 bits per heavy atom. The van der Waals surface area contributed by atoms with Crippen molar-refractivity contribution in [2.75, 3.05) is 6.54 Å². The molecular formula is C16H22N4O2S. The zero-order valence-electron chi connectivity index (χ0n) is 13.6. The van der Waals surface area contributed by atoms with Crippen LogP contribution < -0.4 is 16.2 Å². The molecule has 2 aromatic rings. The van der Waals surface area contributed by atoms with Gasteiger partial charge in [-0.25, -0.2) is 9.78 Å². The predicted octanol–water partition coefficient (Wildman–Crippen LogP) is 2.37. The lowest BCUT2D eigenvalue weighted by atomic mass is 10.2. The average molecular weight is 334 g/mol. The molecule has 0 aliphatic heterocycles. The Kier molecular flexibility index (Phi) is 5.92. The Hall–Kier alpha value is -2.15. The summed E-state index contributed by atoms with van der Waals surface area (Å²) < 4.78 is 1.63. The second kappa shape index (κ2) is 7.92. The monoisotopic (exact) mass is 334 g/mol. The molecule has 1 atom stereocenters. The number of aromatic nitrogens is 2. The molecule has 0 aliphatic carbocycles. The lowest BCUT2D eigenvalue weighted by Gasteiger charge is -2.14. The molecule has 2 rings (SSSR count). The fourth-order valence-corrected chi connectivity index (χ4v) is 3.29. The Labute approximate surface area is 139 Å². The van der Waals surface area contributed by atoms with Crippen LogP contribution in [0.4, 0.5) is 4.79 Å². The van der Waals surface area contributed by atoms with Crippen LogP contribution in [0.25, 0.3) is 0 Å². The second-order valence-corrected chi connectivity index (χ2v) is 6.63. The Balaban J connectivity index is 1.74. The predicted molar refractivity (Wildman–Crippen MR) is 91.9 cm³/mol. The van der Waals surface area contributed by atoms with Gasteiger partial charge >= 0.3 is 6.03 Å². The van der Waals surface area contributed by atoms with Gasteiger partial charge in [-0.3, -0.25) is 4.79 Å². The largest absolute Gasteiger partial charge is 0.338 e. The highest BCUT2D eigenvalue weighted by atomic mass is 32.1. The van der Waals surface area contributed by atoms with Gasteiger partial charge in [0.2, 0.25) is 5.56 Å². The minimum absolute atomic E-state index is 0.0263. The van der Waals surface area contributed by atoms with Crippen LogP contribution in [0.2, 0.25) is 0 Å². The maximum Gasteiger partial charge on any atom is 0.315 e. The van der Waals surface area contributed by atoms with Crippen molar-refractivity contribution in [3.63, 3.8) is 0 Å². The van der Waals surface area contributed by atoms with E-state index in [4.69, 9.17) is 0 Å². The van der Waals surface area contributed by atoms with Gasteiger partial charge in [-0.2, -0.15) is 0 Å². The summed E-state index contributed by atoms with van der Waals surface area (Å²) in [6, 6.07) is 4.79. The molecule has 2 amide bonds. The van der Waals surface area contributed by atoms with E-state index >= 15 is 0 Å². The van der Waals surface area contributed by atoms with Gasteiger partial charge < -0.3 is 15.2 Å². The topological polar surface area (TPSA) is 76.0 Å². The number of carbonyl (C=O) groups excluding carboxylic acids is 1. The molecule has 2 aromatic heterocycles. The van der Waals surface area contributed by atoms with Gasteiger partial charge in [0, 0.05) is 30.2 Å². The van der Waals surface area contributed by atoms with Gasteiger partial charge in [-0.15, -0.1) is 11.3 Å². The van der Waals surface area contributed by atoms with Crippen molar-refractivity contribution >= 4 is 17.4 Å². The zero-order chi connectivity index (χ0) is 16.8. The third-order valence-corrected chi connectivity index (χ3v) is 4.70. The number of hydrogen-bond donors (Lipinski definition) is 2. The lowest BCUT2D eigenvalue weighted by molar-refractivity contribution is 0.237. The van der Waals surface area contributed by atoms with Gasteiger partial charge in [0.05, 0.1) is 16.7 Å². The first-order chi connectivity index (χ1) is 11.0. The van der Waals surface area contributed by atoms with E-state index in [9.17, 15) is 9.59 Å². The molecule has 0 aromatic carbocycles. The van der Waals surface area contributed by atoms with Gasteiger partial charge in [0.1, 0.15) is 0 Å². The number of rotatable bonds is 6. The number of hydrogen-bond acceptors (Lipinski definition) is 4. The number of nitrogens with zero attached hydrogens (tertiary/aromatic N) is 2. The first kappa shape index (κ1) is 17.2. The average Bonchev–Trinajstić information content (AvgIpc) is 2.84. The summed E-state index contributed by atoms with van der Waals surface area (Å²) in [6.45, 7) is 6.96. The van der Waals surface area contributed by atoms with Crippen LogP contribution >= 0.6 is 11.3 Å². The molecule has 0 aliphatic rings. The van der Waals surface area contributed by atoms with E-state index in [0.29, 0.717) is 19.5 Å². The molecule has 0 saturated carbocycles. The molecule has 6 nitrogen and oxygen atoms in total. The molecule has 124 valence electrons. The fraction of sp³-hybridized carbons (Fsp3) is 0.438. The molecule has 0 unspecified atom stereocenters. The molecule has 2 heterocycles. The Bertz CT molecular complexity index is 723. The molecule has 23 heavy (non-hydrogen) atoms. The quantitative estimate of drug-likeness (QED) is 0.796.